The fourth-order valence-electron chi connectivity index (χ4n) is 3.87. The van der Waals surface area contributed by atoms with Crippen LogP contribution in [0.5, 0.6) is 0 Å². The number of aryl methyl sites for hydroxylation is 1. The number of imidazole rings is 1. The molecule has 0 N–H and O–H groups in total. The number of fused-ring (bicyclic) bond motifs is 1. The third kappa shape index (κ3) is 3.40. The number of hydrogen-bond acceptors (Lipinski definition) is 3. The molecule has 0 aliphatic heterocycles. The van der Waals surface area contributed by atoms with Gasteiger partial charge in [0.1, 0.15) is 11.2 Å². The van der Waals surface area contributed by atoms with E-state index >= 15 is 0 Å². The molecule has 0 amide bonds. The zero-order chi connectivity index (χ0) is 17.4. The SMILES string of the molecule is Cc1cccc(-c2nc(Cl)nc3ncn(CC4CCC(C)CC4)c23)c1. The van der Waals surface area contributed by atoms with Gasteiger partial charge in [-0.2, -0.15) is 4.98 Å². The Morgan fingerprint density at radius 2 is 1.96 bits per heavy atom. The van der Waals surface area contributed by atoms with Crippen LogP contribution < -0.4 is 0 Å². The van der Waals surface area contributed by atoms with Gasteiger partial charge in [0.05, 0.1) is 6.33 Å². The van der Waals surface area contributed by atoms with Crippen molar-refractivity contribution in [3.05, 3.63) is 41.4 Å². The molecule has 1 saturated carbocycles. The summed E-state index contributed by atoms with van der Waals surface area (Å²) in [5.41, 5.74) is 4.82. The zero-order valence-electron chi connectivity index (χ0n) is 14.7. The lowest BCUT2D eigenvalue weighted by atomic mass is 9.83. The number of benzene rings is 1. The maximum absolute atomic E-state index is 6.16. The van der Waals surface area contributed by atoms with Crippen molar-refractivity contribution in [1.29, 1.82) is 0 Å². The van der Waals surface area contributed by atoms with Gasteiger partial charge in [-0.1, -0.05) is 43.5 Å². The first-order valence-electron chi connectivity index (χ1n) is 9.05. The minimum absolute atomic E-state index is 0.251. The maximum Gasteiger partial charge on any atom is 0.225 e. The van der Waals surface area contributed by atoms with Crippen LogP contribution in [0.1, 0.15) is 38.2 Å². The number of rotatable bonds is 3. The molecule has 0 radical (unpaired) electrons. The third-order valence-electron chi connectivity index (χ3n) is 5.33. The largest absolute Gasteiger partial charge is 0.327 e. The highest BCUT2D eigenvalue weighted by atomic mass is 35.5. The Hall–Kier alpha value is -1.94. The van der Waals surface area contributed by atoms with Crippen molar-refractivity contribution in [3.8, 4) is 11.3 Å². The summed E-state index contributed by atoms with van der Waals surface area (Å²) in [7, 11) is 0. The molecule has 0 spiro atoms. The Labute approximate surface area is 153 Å². The molecule has 130 valence electrons. The molecule has 4 rings (SSSR count). The molecule has 3 aromatic rings. The van der Waals surface area contributed by atoms with E-state index < -0.39 is 0 Å². The average Bonchev–Trinajstić information content (AvgIpc) is 2.99. The average molecular weight is 355 g/mol. The number of halogens is 1. The lowest BCUT2D eigenvalue weighted by molar-refractivity contribution is 0.266. The van der Waals surface area contributed by atoms with E-state index in [-0.39, 0.29) is 5.28 Å². The van der Waals surface area contributed by atoms with E-state index in [9.17, 15) is 0 Å². The van der Waals surface area contributed by atoms with Gasteiger partial charge in [0, 0.05) is 12.1 Å². The first-order chi connectivity index (χ1) is 12.1. The predicted octanol–water partition coefficient (Wildman–Crippen LogP) is 5.28. The number of nitrogens with zero attached hydrogens (tertiary/aromatic N) is 4. The van der Waals surface area contributed by atoms with Crippen LogP contribution in [0.15, 0.2) is 30.6 Å². The standard InChI is InChI=1S/C20H23ClN4/c1-13-6-8-15(9-7-13)11-25-12-22-19-18(25)17(23-20(21)24-19)16-5-3-4-14(2)10-16/h3-5,10,12-13,15H,6-9,11H2,1-2H3. The number of hydrogen-bond donors (Lipinski definition) is 0. The summed E-state index contributed by atoms with van der Waals surface area (Å²) in [6, 6.07) is 8.35. The van der Waals surface area contributed by atoms with Crippen molar-refractivity contribution in [2.24, 2.45) is 11.8 Å². The molecule has 2 heterocycles. The first-order valence-corrected chi connectivity index (χ1v) is 9.43. The summed E-state index contributed by atoms with van der Waals surface area (Å²) in [5.74, 6) is 1.57. The van der Waals surface area contributed by atoms with Crippen molar-refractivity contribution < 1.29 is 0 Å². The molecular weight excluding hydrogens is 332 g/mol. The topological polar surface area (TPSA) is 43.6 Å². The Morgan fingerprint density at radius 3 is 2.72 bits per heavy atom. The van der Waals surface area contributed by atoms with Crippen molar-refractivity contribution >= 4 is 22.8 Å². The lowest BCUT2D eigenvalue weighted by Gasteiger charge is -2.26. The van der Waals surface area contributed by atoms with Crippen LogP contribution in [0, 0.1) is 18.8 Å². The van der Waals surface area contributed by atoms with Gasteiger partial charge in [0.25, 0.3) is 0 Å². The molecule has 4 nitrogen and oxygen atoms in total. The molecule has 2 aromatic heterocycles. The second-order valence-electron chi connectivity index (χ2n) is 7.41. The summed E-state index contributed by atoms with van der Waals surface area (Å²) in [6.07, 6.45) is 7.12. The van der Waals surface area contributed by atoms with Crippen molar-refractivity contribution in [2.75, 3.05) is 0 Å². The summed E-state index contributed by atoms with van der Waals surface area (Å²) in [4.78, 5) is 13.4. The van der Waals surface area contributed by atoms with Gasteiger partial charge in [-0.05, 0) is 49.3 Å². The predicted molar refractivity (Wildman–Crippen MR) is 102 cm³/mol. The highest BCUT2D eigenvalue weighted by Crippen LogP contribution is 2.32. The Bertz CT molecular complexity index is 894. The molecular formula is C20H23ClN4. The van der Waals surface area contributed by atoms with Gasteiger partial charge in [0.2, 0.25) is 5.28 Å². The number of aromatic nitrogens is 4. The van der Waals surface area contributed by atoms with Gasteiger partial charge in [-0.25, -0.2) is 9.97 Å². The second-order valence-corrected chi connectivity index (χ2v) is 7.74. The fourth-order valence-corrected chi connectivity index (χ4v) is 4.04. The van der Waals surface area contributed by atoms with Crippen molar-refractivity contribution in [2.45, 2.75) is 46.1 Å². The molecule has 1 aliphatic rings. The molecule has 1 aliphatic carbocycles. The van der Waals surface area contributed by atoms with Crippen LogP contribution in [0.4, 0.5) is 0 Å². The van der Waals surface area contributed by atoms with E-state index in [4.69, 9.17) is 11.6 Å². The highest BCUT2D eigenvalue weighted by Gasteiger charge is 2.21. The van der Waals surface area contributed by atoms with Crippen LogP contribution in [0.3, 0.4) is 0 Å². The lowest BCUT2D eigenvalue weighted by Crippen LogP contribution is -2.17. The Kier molecular flexibility index (Phi) is 4.46. The monoisotopic (exact) mass is 354 g/mol. The van der Waals surface area contributed by atoms with Gasteiger partial charge in [0.15, 0.2) is 5.65 Å². The molecule has 0 unspecified atom stereocenters. The van der Waals surface area contributed by atoms with Gasteiger partial charge >= 0.3 is 0 Å². The third-order valence-corrected chi connectivity index (χ3v) is 5.50. The van der Waals surface area contributed by atoms with Crippen molar-refractivity contribution in [1.82, 2.24) is 19.5 Å². The van der Waals surface area contributed by atoms with E-state index in [2.05, 4.69) is 57.6 Å². The first kappa shape index (κ1) is 16.5. The van der Waals surface area contributed by atoms with E-state index in [1.165, 1.54) is 31.2 Å². The molecule has 0 bridgehead atoms. The maximum atomic E-state index is 6.16. The minimum atomic E-state index is 0.251. The quantitative estimate of drug-likeness (QED) is 0.601. The summed E-state index contributed by atoms with van der Waals surface area (Å²) >= 11 is 6.16. The van der Waals surface area contributed by atoms with E-state index in [0.717, 1.165) is 29.2 Å². The molecule has 5 heteroatoms. The van der Waals surface area contributed by atoms with Crippen LogP contribution in [0.2, 0.25) is 5.28 Å². The molecule has 25 heavy (non-hydrogen) atoms. The van der Waals surface area contributed by atoms with Crippen LogP contribution in [-0.2, 0) is 6.54 Å². The second kappa shape index (κ2) is 6.75. The van der Waals surface area contributed by atoms with Gasteiger partial charge < -0.3 is 4.57 Å². The van der Waals surface area contributed by atoms with Gasteiger partial charge in [-0.3, -0.25) is 0 Å². The Morgan fingerprint density at radius 1 is 1.16 bits per heavy atom. The van der Waals surface area contributed by atoms with E-state index in [1.807, 2.05) is 6.33 Å². The zero-order valence-corrected chi connectivity index (χ0v) is 15.5. The molecule has 0 saturated heterocycles. The molecule has 1 aromatic carbocycles. The van der Waals surface area contributed by atoms with Crippen LogP contribution in [-0.4, -0.2) is 19.5 Å². The summed E-state index contributed by atoms with van der Waals surface area (Å²) < 4.78 is 2.23. The smallest absolute Gasteiger partial charge is 0.225 e. The van der Waals surface area contributed by atoms with Crippen molar-refractivity contribution in [3.63, 3.8) is 0 Å². The normalized spacial score (nSPS) is 20.9. The summed E-state index contributed by atoms with van der Waals surface area (Å²) in [5, 5.41) is 0.251. The molecule has 0 atom stereocenters. The molecule has 1 fully saturated rings. The highest BCUT2D eigenvalue weighted by molar-refractivity contribution is 6.28. The van der Waals surface area contributed by atoms with E-state index in [0.29, 0.717) is 11.6 Å². The van der Waals surface area contributed by atoms with Crippen LogP contribution in [0.25, 0.3) is 22.4 Å². The summed E-state index contributed by atoms with van der Waals surface area (Å²) in [6.45, 7) is 5.42. The Balaban J connectivity index is 1.76. The fraction of sp³-hybridized carbons (Fsp3) is 0.450. The van der Waals surface area contributed by atoms with Crippen LogP contribution >= 0.6 is 11.6 Å². The minimum Gasteiger partial charge on any atom is -0.327 e. The van der Waals surface area contributed by atoms with Gasteiger partial charge in [-0.15, -0.1) is 0 Å². The van der Waals surface area contributed by atoms with E-state index in [1.54, 1.807) is 0 Å².